The van der Waals surface area contributed by atoms with Gasteiger partial charge in [-0.25, -0.2) is 0 Å². The Kier molecular flexibility index (Phi) is 4.06. The van der Waals surface area contributed by atoms with E-state index in [1.807, 2.05) is 36.4 Å². The summed E-state index contributed by atoms with van der Waals surface area (Å²) in [4.78, 5) is 0. The van der Waals surface area contributed by atoms with Crippen molar-refractivity contribution in [3.05, 3.63) is 71.8 Å². The Morgan fingerprint density at radius 1 is 0.600 bits per heavy atom. The number of hydrogen-bond donors (Lipinski definition) is 0. The average Bonchev–Trinajstić information content (AvgIpc) is 3.06. The molecule has 0 spiro atoms. The fraction of sp³-hybridized carbons (Fsp3) is 0.429. The molecular formula is C21H22O4. The maximum atomic E-state index is 6.35. The standard InChI is InChI=1S/C21H22O4/c1-3-7-14(8-4-1)20-22-12-16-11-17-13-23-21(15-9-5-2-6-10-15)25-19(17)18(16)24-20/h1-10,16-21H,11-13H2/t16-,17-,18+,19+,20+,21+/m0/s1. The van der Waals surface area contributed by atoms with E-state index in [9.17, 15) is 0 Å². The molecule has 2 heterocycles. The number of benzene rings is 2. The van der Waals surface area contributed by atoms with Crippen LogP contribution in [0.25, 0.3) is 0 Å². The third-order valence-corrected chi connectivity index (χ3v) is 5.49. The highest BCUT2D eigenvalue weighted by molar-refractivity contribution is 5.18. The Morgan fingerprint density at radius 3 is 1.48 bits per heavy atom. The molecule has 3 aliphatic rings. The quantitative estimate of drug-likeness (QED) is 0.833. The topological polar surface area (TPSA) is 36.9 Å². The van der Waals surface area contributed by atoms with Crippen molar-refractivity contribution in [2.45, 2.75) is 31.2 Å². The molecule has 0 unspecified atom stereocenters. The molecule has 2 aromatic rings. The number of rotatable bonds is 2. The van der Waals surface area contributed by atoms with Gasteiger partial charge in [0.25, 0.3) is 0 Å². The normalized spacial score (nSPS) is 37.3. The van der Waals surface area contributed by atoms with E-state index in [1.54, 1.807) is 0 Å². The number of hydrogen-bond acceptors (Lipinski definition) is 4. The summed E-state index contributed by atoms with van der Waals surface area (Å²) in [7, 11) is 0. The van der Waals surface area contributed by atoms with Crippen molar-refractivity contribution in [2.75, 3.05) is 13.2 Å². The molecule has 1 saturated carbocycles. The van der Waals surface area contributed by atoms with Gasteiger partial charge in [-0.05, 0) is 6.42 Å². The minimum absolute atomic E-state index is 0.0686. The van der Waals surface area contributed by atoms with Gasteiger partial charge in [-0.3, -0.25) is 0 Å². The first kappa shape index (κ1) is 15.5. The van der Waals surface area contributed by atoms with Crippen LogP contribution < -0.4 is 0 Å². The van der Waals surface area contributed by atoms with Crippen molar-refractivity contribution in [2.24, 2.45) is 11.8 Å². The Labute approximate surface area is 147 Å². The van der Waals surface area contributed by atoms with Gasteiger partial charge in [0, 0.05) is 23.0 Å². The van der Waals surface area contributed by atoms with Crippen molar-refractivity contribution in [3.8, 4) is 0 Å². The first-order valence-corrected chi connectivity index (χ1v) is 9.02. The monoisotopic (exact) mass is 338 g/mol. The lowest BCUT2D eigenvalue weighted by molar-refractivity contribution is -0.292. The highest BCUT2D eigenvalue weighted by Crippen LogP contribution is 2.46. The SMILES string of the molecule is c1ccc([C@@H]2OC[C@@H]3C[C@H]4CO[C@@H](c5ccccc5)O[C@H]4[C@@H]3O2)cc1. The van der Waals surface area contributed by atoms with Crippen molar-refractivity contribution < 1.29 is 18.9 Å². The highest BCUT2D eigenvalue weighted by atomic mass is 16.7. The van der Waals surface area contributed by atoms with Crippen LogP contribution >= 0.6 is 0 Å². The predicted octanol–water partition coefficient (Wildman–Crippen LogP) is 3.85. The molecule has 0 N–H and O–H groups in total. The second-order valence-electron chi connectivity index (χ2n) is 7.11. The molecule has 0 radical (unpaired) electrons. The van der Waals surface area contributed by atoms with Crippen LogP contribution in [0.1, 0.15) is 30.1 Å². The van der Waals surface area contributed by atoms with Gasteiger partial charge in [0.1, 0.15) is 0 Å². The third kappa shape index (κ3) is 2.89. The second-order valence-corrected chi connectivity index (χ2v) is 7.11. The Balaban J connectivity index is 1.34. The smallest absolute Gasteiger partial charge is 0.184 e. The van der Waals surface area contributed by atoms with Crippen LogP contribution in [0.4, 0.5) is 0 Å². The van der Waals surface area contributed by atoms with E-state index in [2.05, 4.69) is 24.3 Å². The molecule has 2 aliphatic heterocycles. The minimum Gasteiger partial charge on any atom is -0.348 e. The van der Waals surface area contributed by atoms with Crippen molar-refractivity contribution >= 4 is 0 Å². The molecule has 2 saturated heterocycles. The molecule has 25 heavy (non-hydrogen) atoms. The molecule has 4 nitrogen and oxygen atoms in total. The molecule has 1 aliphatic carbocycles. The fourth-order valence-corrected chi connectivity index (χ4v) is 4.25. The zero-order valence-electron chi connectivity index (χ0n) is 14.0. The van der Waals surface area contributed by atoms with Crippen LogP contribution in [0.5, 0.6) is 0 Å². The van der Waals surface area contributed by atoms with Gasteiger partial charge in [0.2, 0.25) is 0 Å². The lowest BCUT2D eigenvalue weighted by Gasteiger charge is -2.38. The van der Waals surface area contributed by atoms with Crippen molar-refractivity contribution in [3.63, 3.8) is 0 Å². The zero-order valence-corrected chi connectivity index (χ0v) is 14.0. The molecule has 6 atom stereocenters. The summed E-state index contributed by atoms with van der Waals surface area (Å²) >= 11 is 0. The van der Waals surface area contributed by atoms with Crippen LogP contribution in [0.2, 0.25) is 0 Å². The molecule has 3 fully saturated rings. The van der Waals surface area contributed by atoms with Gasteiger partial charge in [-0.2, -0.15) is 0 Å². The Morgan fingerprint density at radius 2 is 1.04 bits per heavy atom. The molecule has 0 aromatic heterocycles. The summed E-state index contributed by atoms with van der Waals surface area (Å²) in [6.45, 7) is 1.44. The van der Waals surface area contributed by atoms with Crippen LogP contribution in [0.3, 0.4) is 0 Å². The lowest BCUT2D eigenvalue weighted by atomic mass is 10.0. The average molecular weight is 338 g/mol. The maximum absolute atomic E-state index is 6.35. The Hall–Kier alpha value is -1.72. The van der Waals surface area contributed by atoms with Gasteiger partial charge < -0.3 is 18.9 Å². The lowest BCUT2D eigenvalue weighted by Crippen LogP contribution is -2.43. The van der Waals surface area contributed by atoms with Gasteiger partial charge in [0.15, 0.2) is 12.6 Å². The van der Waals surface area contributed by atoms with E-state index < -0.39 is 0 Å². The largest absolute Gasteiger partial charge is 0.348 e. The first-order chi connectivity index (χ1) is 12.4. The van der Waals surface area contributed by atoms with Crippen LogP contribution in [0.15, 0.2) is 60.7 Å². The summed E-state index contributed by atoms with van der Waals surface area (Å²) in [5.74, 6) is 0.765. The van der Waals surface area contributed by atoms with E-state index in [0.717, 1.165) is 30.8 Å². The van der Waals surface area contributed by atoms with Gasteiger partial charge in [-0.15, -0.1) is 0 Å². The van der Waals surface area contributed by atoms with Crippen molar-refractivity contribution in [1.29, 1.82) is 0 Å². The van der Waals surface area contributed by atoms with Crippen LogP contribution in [-0.2, 0) is 18.9 Å². The molecule has 5 rings (SSSR count). The zero-order chi connectivity index (χ0) is 16.6. The molecule has 130 valence electrons. The highest BCUT2D eigenvalue weighted by Gasteiger charge is 2.51. The molecule has 0 amide bonds. The van der Waals surface area contributed by atoms with Gasteiger partial charge in [0.05, 0.1) is 25.4 Å². The van der Waals surface area contributed by atoms with Crippen LogP contribution in [-0.4, -0.2) is 25.4 Å². The molecule has 0 bridgehead atoms. The predicted molar refractivity (Wildman–Crippen MR) is 91.6 cm³/mol. The minimum atomic E-state index is -0.303. The van der Waals surface area contributed by atoms with E-state index in [4.69, 9.17) is 18.9 Å². The molecule has 4 heteroatoms. The molecule has 2 aromatic carbocycles. The van der Waals surface area contributed by atoms with E-state index in [0.29, 0.717) is 11.8 Å². The summed E-state index contributed by atoms with van der Waals surface area (Å²) in [6, 6.07) is 20.3. The van der Waals surface area contributed by atoms with Crippen molar-refractivity contribution in [1.82, 2.24) is 0 Å². The first-order valence-electron chi connectivity index (χ1n) is 9.02. The summed E-state index contributed by atoms with van der Waals surface area (Å²) in [5.41, 5.74) is 2.13. The van der Waals surface area contributed by atoms with Gasteiger partial charge in [-0.1, -0.05) is 60.7 Å². The van der Waals surface area contributed by atoms with E-state index >= 15 is 0 Å². The van der Waals surface area contributed by atoms with E-state index in [-0.39, 0.29) is 24.8 Å². The summed E-state index contributed by atoms with van der Waals surface area (Å²) < 4.78 is 24.6. The van der Waals surface area contributed by atoms with Crippen LogP contribution in [0, 0.1) is 11.8 Å². The fourth-order valence-electron chi connectivity index (χ4n) is 4.25. The second kappa shape index (κ2) is 6.54. The maximum Gasteiger partial charge on any atom is 0.184 e. The summed E-state index contributed by atoms with van der Waals surface area (Å²) in [5, 5.41) is 0. The Bertz CT molecular complexity index is 643. The number of fused-ring (bicyclic) bond motifs is 3. The third-order valence-electron chi connectivity index (χ3n) is 5.49. The van der Waals surface area contributed by atoms with Gasteiger partial charge >= 0.3 is 0 Å². The summed E-state index contributed by atoms with van der Waals surface area (Å²) in [6.07, 6.45) is 0.571. The number of ether oxygens (including phenoxy) is 4. The van der Waals surface area contributed by atoms with E-state index in [1.165, 1.54) is 0 Å². The molecular weight excluding hydrogens is 316 g/mol.